The first kappa shape index (κ1) is 11.9. The largest absolute Gasteiger partial charge is 0.295 e. The average molecular weight is 220 g/mol. The highest BCUT2D eigenvalue weighted by Gasteiger charge is 2.34. The summed E-state index contributed by atoms with van der Waals surface area (Å²) in [4.78, 5) is 12.0. The Kier molecular flexibility index (Phi) is 3.83. The van der Waals surface area contributed by atoms with Crippen LogP contribution in [0.15, 0.2) is 11.6 Å². The van der Waals surface area contributed by atoms with E-state index in [-0.39, 0.29) is 0 Å². The predicted octanol–water partition coefficient (Wildman–Crippen LogP) is 4.13. The molecule has 2 aliphatic rings. The third-order valence-electron chi connectivity index (χ3n) is 4.37. The Hall–Kier alpha value is -0.590. The van der Waals surface area contributed by atoms with Crippen molar-refractivity contribution in [2.45, 2.75) is 58.8 Å². The van der Waals surface area contributed by atoms with E-state index >= 15 is 0 Å². The van der Waals surface area contributed by atoms with E-state index in [4.69, 9.17) is 0 Å². The minimum Gasteiger partial charge on any atom is -0.295 e. The number of hydrogen-bond acceptors (Lipinski definition) is 1. The van der Waals surface area contributed by atoms with E-state index in [1.807, 2.05) is 19.9 Å². The van der Waals surface area contributed by atoms with Crippen LogP contribution in [0, 0.1) is 17.8 Å². The number of rotatable bonds is 2. The lowest BCUT2D eigenvalue weighted by molar-refractivity contribution is -0.120. The third-order valence-corrected chi connectivity index (χ3v) is 4.37. The van der Waals surface area contributed by atoms with Crippen LogP contribution in [0.1, 0.15) is 58.8 Å². The van der Waals surface area contributed by atoms with Gasteiger partial charge in [0, 0.05) is 5.92 Å². The molecule has 0 N–H and O–H groups in total. The van der Waals surface area contributed by atoms with Crippen LogP contribution < -0.4 is 0 Å². The van der Waals surface area contributed by atoms with Gasteiger partial charge in [-0.05, 0) is 51.0 Å². The van der Waals surface area contributed by atoms with Crippen molar-refractivity contribution in [3.05, 3.63) is 11.6 Å². The molecule has 90 valence electrons. The number of fused-ring (bicyclic) bond motifs is 1. The van der Waals surface area contributed by atoms with Crippen LogP contribution >= 0.6 is 0 Å². The summed E-state index contributed by atoms with van der Waals surface area (Å²) in [7, 11) is 0. The van der Waals surface area contributed by atoms with Crippen molar-refractivity contribution in [1.82, 2.24) is 0 Å². The summed E-state index contributed by atoms with van der Waals surface area (Å²) in [5, 5.41) is 0. The highest BCUT2D eigenvalue weighted by Crippen LogP contribution is 2.42. The van der Waals surface area contributed by atoms with Crippen LogP contribution in [0.3, 0.4) is 0 Å². The number of carbonyl (C=O) groups excluding carboxylic acids is 1. The molecule has 2 rings (SSSR count). The molecule has 0 saturated heterocycles. The molecule has 0 spiro atoms. The molecule has 1 nitrogen and oxygen atoms in total. The van der Waals surface area contributed by atoms with E-state index in [9.17, 15) is 4.79 Å². The van der Waals surface area contributed by atoms with Crippen molar-refractivity contribution in [3.8, 4) is 0 Å². The van der Waals surface area contributed by atoms with E-state index in [0.717, 1.165) is 23.8 Å². The number of carbonyl (C=O) groups is 1. The molecule has 0 aromatic rings. The molecule has 0 aliphatic heterocycles. The second-order valence-electron chi connectivity index (χ2n) is 5.94. The van der Waals surface area contributed by atoms with E-state index in [0.29, 0.717) is 11.7 Å². The number of hydrogen-bond donors (Lipinski definition) is 0. The van der Waals surface area contributed by atoms with Crippen molar-refractivity contribution in [2.75, 3.05) is 0 Å². The first-order valence-corrected chi connectivity index (χ1v) is 6.85. The van der Waals surface area contributed by atoms with Crippen LogP contribution in [0.4, 0.5) is 0 Å². The van der Waals surface area contributed by atoms with Gasteiger partial charge in [-0.2, -0.15) is 0 Å². The Labute approximate surface area is 99.3 Å². The Morgan fingerprint density at radius 2 is 1.69 bits per heavy atom. The Balaban J connectivity index is 1.94. The van der Waals surface area contributed by atoms with Crippen molar-refractivity contribution < 1.29 is 4.79 Å². The van der Waals surface area contributed by atoms with Crippen LogP contribution in [0.5, 0.6) is 0 Å². The van der Waals surface area contributed by atoms with Crippen molar-refractivity contribution in [2.24, 2.45) is 17.8 Å². The Morgan fingerprint density at radius 3 is 2.38 bits per heavy atom. The summed E-state index contributed by atoms with van der Waals surface area (Å²) in [5.74, 6) is 2.55. The Bertz CT molecular complexity index is 286. The minimum atomic E-state index is 0.342. The van der Waals surface area contributed by atoms with Gasteiger partial charge in [-0.1, -0.05) is 31.3 Å². The SMILES string of the molecule is CC(C)=CC(=O)C1CCC2CCCCC2C1. The van der Waals surface area contributed by atoms with Crippen LogP contribution in [0.25, 0.3) is 0 Å². The second-order valence-corrected chi connectivity index (χ2v) is 5.94. The molecule has 0 aromatic carbocycles. The predicted molar refractivity (Wildman–Crippen MR) is 67.2 cm³/mol. The lowest BCUT2D eigenvalue weighted by atomic mass is 9.66. The van der Waals surface area contributed by atoms with Gasteiger partial charge < -0.3 is 0 Å². The third kappa shape index (κ3) is 2.75. The zero-order valence-corrected chi connectivity index (χ0v) is 10.7. The molecule has 3 atom stereocenters. The lowest BCUT2D eigenvalue weighted by Gasteiger charge is -2.38. The summed E-state index contributed by atoms with van der Waals surface area (Å²) < 4.78 is 0. The molecule has 2 fully saturated rings. The first-order valence-electron chi connectivity index (χ1n) is 6.85. The number of allylic oxidation sites excluding steroid dienone is 2. The second kappa shape index (κ2) is 5.16. The molecule has 1 heteroatoms. The van der Waals surface area contributed by atoms with Gasteiger partial charge in [-0.15, -0.1) is 0 Å². The fraction of sp³-hybridized carbons (Fsp3) is 0.800. The fourth-order valence-corrected chi connectivity index (χ4v) is 3.53. The van der Waals surface area contributed by atoms with Gasteiger partial charge in [0.25, 0.3) is 0 Å². The molecule has 3 unspecified atom stereocenters. The molecule has 2 aliphatic carbocycles. The Morgan fingerprint density at radius 1 is 1.00 bits per heavy atom. The van der Waals surface area contributed by atoms with Gasteiger partial charge in [-0.25, -0.2) is 0 Å². The molecule has 0 aromatic heterocycles. The van der Waals surface area contributed by atoms with Crippen molar-refractivity contribution in [3.63, 3.8) is 0 Å². The molecule has 0 radical (unpaired) electrons. The fourth-order valence-electron chi connectivity index (χ4n) is 3.53. The van der Waals surface area contributed by atoms with E-state index in [1.165, 1.54) is 38.5 Å². The summed E-state index contributed by atoms with van der Waals surface area (Å²) in [6, 6.07) is 0. The molecule has 2 saturated carbocycles. The summed E-state index contributed by atoms with van der Waals surface area (Å²) in [6.45, 7) is 4.04. The highest BCUT2D eigenvalue weighted by atomic mass is 16.1. The zero-order chi connectivity index (χ0) is 11.5. The van der Waals surface area contributed by atoms with E-state index in [1.54, 1.807) is 0 Å². The molecular formula is C15H24O. The molecule has 0 amide bonds. The zero-order valence-electron chi connectivity index (χ0n) is 10.7. The van der Waals surface area contributed by atoms with Gasteiger partial charge in [-0.3, -0.25) is 4.79 Å². The van der Waals surface area contributed by atoms with E-state index < -0.39 is 0 Å². The van der Waals surface area contributed by atoms with Crippen molar-refractivity contribution in [1.29, 1.82) is 0 Å². The standard InChI is InChI=1S/C15H24O/c1-11(2)9-15(16)14-8-7-12-5-3-4-6-13(12)10-14/h9,12-14H,3-8,10H2,1-2H3. The molecule has 16 heavy (non-hydrogen) atoms. The molecule has 0 bridgehead atoms. The summed E-state index contributed by atoms with van der Waals surface area (Å²) in [5.41, 5.74) is 1.15. The lowest BCUT2D eigenvalue weighted by Crippen LogP contribution is -2.30. The van der Waals surface area contributed by atoms with Gasteiger partial charge in [0.1, 0.15) is 0 Å². The maximum atomic E-state index is 12.0. The normalized spacial score (nSPS) is 34.0. The number of ketones is 1. The van der Waals surface area contributed by atoms with Crippen LogP contribution in [-0.2, 0) is 4.79 Å². The van der Waals surface area contributed by atoms with E-state index in [2.05, 4.69) is 0 Å². The van der Waals surface area contributed by atoms with Gasteiger partial charge >= 0.3 is 0 Å². The van der Waals surface area contributed by atoms with Gasteiger partial charge in [0.2, 0.25) is 0 Å². The molecular weight excluding hydrogens is 196 g/mol. The van der Waals surface area contributed by atoms with Crippen molar-refractivity contribution >= 4 is 5.78 Å². The maximum Gasteiger partial charge on any atom is 0.158 e. The first-order chi connectivity index (χ1) is 7.66. The minimum absolute atomic E-state index is 0.342. The smallest absolute Gasteiger partial charge is 0.158 e. The maximum absolute atomic E-state index is 12.0. The quantitative estimate of drug-likeness (QED) is 0.639. The van der Waals surface area contributed by atoms with Crippen LogP contribution in [0.2, 0.25) is 0 Å². The summed E-state index contributed by atoms with van der Waals surface area (Å²) >= 11 is 0. The van der Waals surface area contributed by atoms with Gasteiger partial charge in [0.05, 0.1) is 0 Å². The summed E-state index contributed by atoms with van der Waals surface area (Å²) in [6.07, 6.45) is 11.1. The highest BCUT2D eigenvalue weighted by molar-refractivity contribution is 5.92. The average Bonchev–Trinajstić information content (AvgIpc) is 2.27. The molecule has 0 heterocycles. The monoisotopic (exact) mass is 220 g/mol. The van der Waals surface area contributed by atoms with Gasteiger partial charge in [0.15, 0.2) is 5.78 Å². The topological polar surface area (TPSA) is 17.1 Å². The van der Waals surface area contributed by atoms with Crippen LogP contribution in [-0.4, -0.2) is 5.78 Å².